The van der Waals surface area contributed by atoms with Crippen LogP contribution in [-0.4, -0.2) is 46.1 Å². The van der Waals surface area contributed by atoms with Crippen LogP contribution in [0.25, 0.3) is 0 Å². The molecule has 148 valence electrons. The zero-order valence-electron chi connectivity index (χ0n) is 16.2. The highest BCUT2D eigenvalue weighted by atomic mass is 16.5. The molecule has 0 fully saturated rings. The van der Waals surface area contributed by atoms with E-state index in [9.17, 15) is 9.59 Å². The Balaban J connectivity index is 2.15. The molecular formula is C20H27NO6. The maximum Gasteiger partial charge on any atom is 0.355 e. The topological polar surface area (TPSA) is 74.3 Å². The highest BCUT2D eigenvalue weighted by molar-refractivity contribution is 6.03. The maximum atomic E-state index is 12.3. The standard InChI is InChI=1S/C20H27NO6/c1-4-5-6-7-12-27-16-10-8-15(9-11-16)21-14-26-13-17(19(22)24-2)18(21)20(23)25-3/h8-11H,4-7,12-14H2,1-3H3. The van der Waals surface area contributed by atoms with E-state index in [0.29, 0.717) is 12.3 Å². The number of unbranched alkanes of at least 4 members (excludes halogenated alkanes) is 3. The average molecular weight is 377 g/mol. The number of carbonyl (C=O) groups is 2. The number of rotatable bonds is 9. The van der Waals surface area contributed by atoms with Crippen LogP contribution < -0.4 is 9.64 Å². The van der Waals surface area contributed by atoms with Gasteiger partial charge in [0.15, 0.2) is 0 Å². The molecule has 1 aliphatic heterocycles. The lowest BCUT2D eigenvalue weighted by Crippen LogP contribution is -2.38. The second kappa shape index (κ2) is 10.6. The molecule has 1 aromatic rings. The summed E-state index contributed by atoms with van der Waals surface area (Å²) < 4.78 is 20.8. The normalized spacial score (nSPS) is 14.1. The van der Waals surface area contributed by atoms with Crippen molar-refractivity contribution < 1.29 is 28.5 Å². The number of hydrogen-bond donors (Lipinski definition) is 0. The second-order valence-electron chi connectivity index (χ2n) is 6.12. The van der Waals surface area contributed by atoms with Crippen LogP contribution in [0.15, 0.2) is 35.5 Å². The lowest BCUT2D eigenvalue weighted by molar-refractivity contribution is -0.140. The summed E-state index contributed by atoms with van der Waals surface area (Å²) in [5.74, 6) is -0.480. The third-order valence-corrected chi connectivity index (χ3v) is 4.25. The fraction of sp³-hybridized carbons (Fsp3) is 0.500. The number of hydrogen-bond acceptors (Lipinski definition) is 7. The van der Waals surface area contributed by atoms with Crippen LogP contribution in [0.1, 0.15) is 32.6 Å². The van der Waals surface area contributed by atoms with E-state index >= 15 is 0 Å². The summed E-state index contributed by atoms with van der Waals surface area (Å²) in [6, 6.07) is 7.29. The molecule has 0 radical (unpaired) electrons. The molecule has 1 aromatic carbocycles. The minimum Gasteiger partial charge on any atom is -0.494 e. The molecule has 0 amide bonds. The molecule has 0 unspecified atom stereocenters. The lowest BCUT2D eigenvalue weighted by atomic mass is 10.1. The molecule has 0 aliphatic carbocycles. The van der Waals surface area contributed by atoms with E-state index in [2.05, 4.69) is 6.92 Å². The minimum atomic E-state index is -0.618. The van der Waals surface area contributed by atoms with Gasteiger partial charge in [-0.1, -0.05) is 26.2 Å². The quantitative estimate of drug-likeness (QED) is 0.484. The highest BCUT2D eigenvalue weighted by Crippen LogP contribution is 2.28. The van der Waals surface area contributed by atoms with Crippen molar-refractivity contribution in [3.8, 4) is 5.75 Å². The van der Waals surface area contributed by atoms with E-state index in [0.717, 1.165) is 18.6 Å². The van der Waals surface area contributed by atoms with Crippen molar-refractivity contribution in [2.45, 2.75) is 32.6 Å². The first-order valence-corrected chi connectivity index (χ1v) is 9.10. The number of ether oxygens (including phenoxy) is 4. The molecule has 0 spiro atoms. The summed E-state index contributed by atoms with van der Waals surface area (Å²) in [6.07, 6.45) is 4.58. The van der Waals surface area contributed by atoms with Crippen molar-refractivity contribution in [1.82, 2.24) is 0 Å². The predicted molar refractivity (Wildman–Crippen MR) is 100 cm³/mol. The molecule has 1 heterocycles. The molecule has 2 rings (SSSR count). The predicted octanol–water partition coefficient (Wildman–Crippen LogP) is 3.04. The zero-order chi connectivity index (χ0) is 19.6. The Morgan fingerprint density at radius 3 is 2.37 bits per heavy atom. The van der Waals surface area contributed by atoms with Gasteiger partial charge >= 0.3 is 11.9 Å². The van der Waals surface area contributed by atoms with Gasteiger partial charge in [-0.15, -0.1) is 0 Å². The van der Waals surface area contributed by atoms with Gasteiger partial charge in [0.05, 0.1) is 33.0 Å². The summed E-state index contributed by atoms with van der Waals surface area (Å²) in [5, 5.41) is 0. The summed E-state index contributed by atoms with van der Waals surface area (Å²) in [5.41, 5.74) is 0.950. The smallest absolute Gasteiger partial charge is 0.355 e. The Kier molecular flexibility index (Phi) is 8.13. The fourth-order valence-electron chi connectivity index (χ4n) is 2.79. The van der Waals surface area contributed by atoms with Gasteiger partial charge in [0, 0.05) is 5.69 Å². The van der Waals surface area contributed by atoms with Gasteiger partial charge in [-0.25, -0.2) is 9.59 Å². The van der Waals surface area contributed by atoms with Gasteiger partial charge in [0.1, 0.15) is 18.2 Å². The number of methoxy groups -OCH3 is 2. The van der Waals surface area contributed by atoms with Crippen LogP contribution in [0.2, 0.25) is 0 Å². The Bertz CT molecular complexity index is 668. The van der Waals surface area contributed by atoms with Crippen molar-refractivity contribution in [1.29, 1.82) is 0 Å². The van der Waals surface area contributed by atoms with Gasteiger partial charge in [-0.2, -0.15) is 0 Å². The van der Waals surface area contributed by atoms with E-state index in [1.165, 1.54) is 27.1 Å². The number of anilines is 1. The van der Waals surface area contributed by atoms with Crippen molar-refractivity contribution in [3.05, 3.63) is 35.5 Å². The van der Waals surface area contributed by atoms with E-state index in [1.807, 2.05) is 24.3 Å². The molecule has 0 N–H and O–H groups in total. The van der Waals surface area contributed by atoms with Gasteiger partial charge < -0.3 is 23.8 Å². The Hall–Kier alpha value is -2.54. The minimum absolute atomic E-state index is 0.00738. The van der Waals surface area contributed by atoms with Crippen LogP contribution in [0, 0.1) is 0 Å². The first-order chi connectivity index (χ1) is 13.1. The van der Waals surface area contributed by atoms with Crippen molar-refractivity contribution in [2.24, 2.45) is 0 Å². The molecule has 0 aromatic heterocycles. The summed E-state index contributed by atoms with van der Waals surface area (Å²) in [6.45, 7) is 2.97. The van der Waals surface area contributed by atoms with Crippen molar-refractivity contribution in [2.75, 3.05) is 39.1 Å². The Morgan fingerprint density at radius 2 is 1.74 bits per heavy atom. The average Bonchev–Trinajstić information content (AvgIpc) is 2.72. The number of nitrogens with zero attached hydrogens (tertiary/aromatic N) is 1. The monoisotopic (exact) mass is 377 g/mol. The van der Waals surface area contributed by atoms with E-state index < -0.39 is 11.9 Å². The van der Waals surface area contributed by atoms with Crippen LogP contribution in [-0.2, 0) is 23.8 Å². The molecule has 0 bridgehead atoms. The Morgan fingerprint density at radius 1 is 1.04 bits per heavy atom. The molecule has 0 atom stereocenters. The number of esters is 2. The largest absolute Gasteiger partial charge is 0.494 e. The summed E-state index contributed by atoms with van der Waals surface area (Å²) in [7, 11) is 2.53. The van der Waals surface area contributed by atoms with E-state index in [-0.39, 0.29) is 24.6 Å². The van der Waals surface area contributed by atoms with Gasteiger partial charge in [0.2, 0.25) is 0 Å². The van der Waals surface area contributed by atoms with E-state index in [4.69, 9.17) is 18.9 Å². The molecule has 1 aliphatic rings. The number of benzene rings is 1. The molecule has 7 nitrogen and oxygen atoms in total. The summed E-state index contributed by atoms with van der Waals surface area (Å²) in [4.78, 5) is 25.9. The SMILES string of the molecule is CCCCCCOc1ccc(N2COCC(C(=O)OC)=C2C(=O)OC)cc1. The van der Waals surface area contributed by atoms with Crippen molar-refractivity contribution in [3.63, 3.8) is 0 Å². The molecule has 0 saturated heterocycles. The van der Waals surface area contributed by atoms with Crippen LogP contribution in [0.3, 0.4) is 0 Å². The number of carbonyl (C=O) groups excluding carboxylic acids is 2. The first-order valence-electron chi connectivity index (χ1n) is 9.10. The van der Waals surface area contributed by atoms with Gasteiger partial charge in [-0.3, -0.25) is 0 Å². The molecule has 27 heavy (non-hydrogen) atoms. The van der Waals surface area contributed by atoms with E-state index in [1.54, 1.807) is 4.90 Å². The third-order valence-electron chi connectivity index (χ3n) is 4.25. The van der Waals surface area contributed by atoms with Crippen LogP contribution in [0.5, 0.6) is 5.75 Å². The molecule has 7 heteroatoms. The maximum absolute atomic E-state index is 12.3. The lowest BCUT2D eigenvalue weighted by Gasteiger charge is -2.31. The first kappa shape index (κ1) is 20.8. The molecule has 0 saturated carbocycles. The highest BCUT2D eigenvalue weighted by Gasteiger charge is 2.32. The Labute approximate surface area is 159 Å². The van der Waals surface area contributed by atoms with Gasteiger partial charge in [0.25, 0.3) is 0 Å². The fourth-order valence-corrected chi connectivity index (χ4v) is 2.79. The summed E-state index contributed by atoms with van der Waals surface area (Å²) >= 11 is 0. The van der Waals surface area contributed by atoms with Crippen LogP contribution in [0.4, 0.5) is 5.69 Å². The van der Waals surface area contributed by atoms with Crippen molar-refractivity contribution >= 4 is 17.6 Å². The third kappa shape index (κ3) is 5.47. The second-order valence-corrected chi connectivity index (χ2v) is 6.12. The zero-order valence-corrected chi connectivity index (χ0v) is 16.2. The molecular weight excluding hydrogens is 350 g/mol. The van der Waals surface area contributed by atoms with Crippen LogP contribution >= 0.6 is 0 Å². The van der Waals surface area contributed by atoms with Gasteiger partial charge in [-0.05, 0) is 30.7 Å².